The smallest absolute Gasteiger partial charge is 0.0847 e. The number of fused-ring (bicyclic) bond motifs is 2. The number of benzene rings is 6. The molecule has 4 atom stereocenters. The first kappa shape index (κ1) is 30.3. The lowest BCUT2D eigenvalue weighted by atomic mass is 9.86. The molecule has 2 aliphatic rings. The van der Waals surface area contributed by atoms with Gasteiger partial charge in [-0.05, 0) is 91.1 Å². The molecule has 2 aliphatic carbocycles. The lowest BCUT2D eigenvalue weighted by Gasteiger charge is -2.37. The van der Waals surface area contributed by atoms with Crippen LogP contribution in [0.1, 0.15) is 6.42 Å². The van der Waals surface area contributed by atoms with Gasteiger partial charge in [-0.1, -0.05) is 121 Å². The van der Waals surface area contributed by atoms with E-state index in [1.807, 2.05) is 0 Å². The van der Waals surface area contributed by atoms with Gasteiger partial charge in [0.2, 0.25) is 0 Å². The summed E-state index contributed by atoms with van der Waals surface area (Å²) in [4.78, 5) is 0. The summed E-state index contributed by atoms with van der Waals surface area (Å²) in [6, 6.07) is 69.1. The largest absolute Gasteiger partial charge is 0.112 e. The standard InChI is InChI=1S/C45H42P2/c1-7-19-38(20-8-1)46(39-21-9-2-10-22-39,40-23-11-3-12-24-40)34-44-36-31-32-37(33-36)45(44)35-47(41-25-13-4-14-26-41,42-27-15-5-16-28-42)43-29-17-6-18-30-43/h1-32,36-37,44-45H,33-35H2/q+2/t36-,37?,44?,45?/m1/s1. The van der Waals surface area contributed by atoms with Crippen molar-refractivity contribution in [2.45, 2.75) is 6.42 Å². The Labute approximate surface area is 281 Å². The molecule has 0 N–H and O–H groups in total. The molecule has 0 heterocycles. The fourth-order valence-electron chi connectivity index (χ4n) is 8.82. The van der Waals surface area contributed by atoms with Gasteiger partial charge < -0.3 is 0 Å². The highest BCUT2D eigenvalue weighted by Gasteiger charge is 2.58. The van der Waals surface area contributed by atoms with Crippen molar-refractivity contribution in [3.63, 3.8) is 0 Å². The van der Waals surface area contributed by atoms with Crippen LogP contribution in [0.5, 0.6) is 0 Å². The average Bonchev–Trinajstić information content (AvgIpc) is 3.77. The third kappa shape index (κ3) is 5.43. The van der Waals surface area contributed by atoms with Gasteiger partial charge in [0.1, 0.15) is 46.4 Å². The molecular formula is C45H42P2+2. The molecule has 2 heteroatoms. The van der Waals surface area contributed by atoms with Crippen molar-refractivity contribution in [1.29, 1.82) is 0 Å². The van der Waals surface area contributed by atoms with Gasteiger partial charge in [0, 0.05) is 11.8 Å². The summed E-state index contributed by atoms with van der Waals surface area (Å²) in [5, 5.41) is 8.99. The number of hydrogen-bond donors (Lipinski definition) is 0. The summed E-state index contributed by atoms with van der Waals surface area (Å²) in [7, 11) is -3.95. The molecule has 3 unspecified atom stereocenters. The molecule has 0 spiro atoms. The van der Waals surface area contributed by atoms with Gasteiger partial charge in [0.25, 0.3) is 0 Å². The zero-order chi connectivity index (χ0) is 31.5. The van der Waals surface area contributed by atoms with Crippen LogP contribution >= 0.6 is 14.5 Å². The summed E-state index contributed by atoms with van der Waals surface area (Å²) < 4.78 is 0. The Balaban J connectivity index is 1.32. The maximum absolute atomic E-state index is 2.59. The van der Waals surface area contributed by atoms with E-state index in [2.05, 4.69) is 194 Å². The van der Waals surface area contributed by atoms with E-state index in [-0.39, 0.29) is 0 Å². The number of allylic oxidation sites excluding steroid dienone is 2. The van der Waals surface area contributed by atoms with Crippen molar-refractivity contribution in [2.75, 3.05) is 12.3 Å². The Morgan fingerprint density at radius 1 is 0.319 bits per heavy atom. The lowest BCUT2D eigenvalue weighted by Crippen LogP contribution is -2.41. The van der Waals surface area contributed by atoms with Gasteiger partial charge in [-0.25, -0.2) is 0 Å². The van der Waals surface area contributed by atoms with Gasteiger partial charge >= 0.3 is 0 Å². The van der Waals surface area contributed by atoms with E-state index in [1.165, 1.54) is 50.6 Å². The van der Waals surface area contributed by atoms with Crippen molar-refractivity contribution in [3.05, 3.63) is 194 Å². The predicted molar refractivity (Wildman–Crippen MR) is 208 cm³/mol. The van der Waals surface area contributed by atoms with Crippen LogP contribution in [0.3, 0.4) is 0 Å². The van der Waals surface area contributed by atoms with E-state index in [0.717, 1.165) is 0 Å². The fourth-order valence-corrected chi connectivity index (χ4v) is 18.3. The first-order valence-electron chi connectivity index (χ1n) is 17.1. The highest BCUT2D eigenvalue weighted by atomic mass is 31.2. The van der Waals surface area contributed by atoms with Crippen LogP contribution in [0.15, 0.2) is 194 Å². The van der Waals surface area contributed by atoms with E-state index >= 15 is 0 Å². The third-order valence-electron chi connectivity index (χ3n) is 11.0. The van der Waals surface area contributed by atoms with Crippen LogP contribution in [-0.4, -0.2) is 12.3 Å². The van der Waals surface area contributed by atoms with Crippen molar-refractivity contribution in [2.24, 2.45) is 23.7 Å². The van der Waals surface area contributed by atoms with Gasteiger partial charge in [-0.15, -0.1) is 0 Å². The zero-order valence-corrected chi connectivity index (χ0v) is 28.6. The van der Waals surface area contributed by atoms with E-state index in [9.17, 15) is 0 Å². The minimum atomic E-state index is -1.97. The molecule has 0 nitrogen and oxygen atoms in total. The second kappa shape index (κ2) is 13.2. The molecule has 2 bridgehead atoms. The molecule has 0 aliphatic heterocycles. The normalized spacial score (nSPS) is 20.3. The van der Waals surface area contributed by atoms with Gasteiger partial charge in [-0.3, -0.25) is 0 Å². The Bertz CT molecular complexity index is 1570. The molecule has 6 aromatic rings. The SMILES string of the molecule is C1=C[C@@H]2CC1C(C[P+](c1ccccc1)(c1ccccc1)c1ccccc1)C2C[P+](c1ccccc1)(c1ccccc1)c1ccccc1. The second-order valence-corrected chi connectivity index (χ2v) is 20.3. The van der Waals surface area contributed by atoms with Crippen molar-refractivity contribution in [3.8, 4) is 0 Å². The van der Waals surface area contributed by atoms with Crippen LogP contribution in [0.4, 0.5) is 0 Å². The molecule has 0 saturated heterocycles. The molecule has 6 aromatic carbocycles. The second-order valence-electron chi connectivity index (χ2n) is 13.3. The average molecular weight is 645 g/mol. The first-order valence-corrected chi connectivity index (χ1v) is 21.0. The Morgan fingerprint density at radius 2 is 0.532 bits per heavy atom. The zero-order valence-electron chi connectivity index (χ0n) is 26.8. The topological polar surface area (TPSA) is 0 Å². The maximum Gasteiger partial charge on any atom is 0.112 e. The first-order chi connectivity index (χ1) is 23.3. The van der Waals surface area contributed by atoms with Gasteiger partial charge in [0.05, 0.1) is 12.3 Å². The minimum absolute atomic E-state index is 0.592. The number of hydrogen-bond acceptors (Lipinski definition) is 0. The van der Waals surface area contributed by atoms with Crippen molar-refractivity contribution >= 4 is 46.4 Å². The van der Waals surface area contributed by atoms with Crippen LogP contribution < -0.4 is 31.8 Å². The molecule has 0 radical (unpaired) electrons. The quantitative estimate of drug-likeness (QED) is 0.104. The number of rotatable bonds is 10. The summed E-state index contributed by atoms with van der Waals surface area (Å²) in [6.45, 7) is 0. The Kier molecular flexibility index (Phi) is 8.50. The molecule has 0 amide bonds. The lowest BCUT2D eigenvalue weighted by molar-refractivity contribution is 0.374. The van der Waals surface area contributed by atoms with Crippen LogP contribution in [0.25, 0.3) is 0 Å². The summed E-state index contributed by atoms with van der Waals surface area (Å²) >= 11 is 0. The highest BCUT2D eigenvalue weighted by molar-refractivity contribution is 7.96. The van der Waals surface area contributed by atoms with Crippen LogP contribution in [0.2, 0.25) is 0 Å². The molecule has 1 fully saturated rings. The third-order valence-corrected chi connectivity index (χ3v) is 20.0. The molecule has 8 rings (SSSR count). The van der Waals surface area contributed by atoms with Crippen LogP contribution in [0, 0.1) is 23.7 Å². The fraction of sp³-hybridized carbons (Fsp3) is 0.156. The Hall–Kier alpha value is -4.08. The van der Waals surface area contributed by atoms with E-state index < -0.39 is 14.5 Å². The van der Waals surface area contributed by atoms with Crippen LogP contribution in [-0.2, 0) is 0 Å². The molecular weight excluding hydrogens is 602 g/mol. The van der Waals surface area contributed by atoms with Crippen molar-refractivity contribution < 1.29 is 0 Å². The van der Waals surface area contributed by atoms with Gasteiger partial charge in [-0.2, -0.15) is 0 Å². The maximum atomic E-state index is 2.59. The molecule has 230 valence electrons. The summed E-state index contributed by atoms with van der Waals surface area (Å²) in [5.74, 6) is 2.42. The minimum Gasteiger partial charge on any atom is -0.0847 e. The highest BCUT2D eigenvalue weighted by Crippen LogP contribution is 2.66. The van der Waals surface area contributed by atoms with E-state index in [1.54, 1.807) is 0 Å². The van der Waals surface area contributed by atoms with E-state index in [0.29, 0.717) is 23.7 Å². The molecule has 1 saturated carbocycles. The monoisotopic (exact) mass is 644 g/mol. The summed E-state index contributed by atoms with van der Waals surface area (Å²) in [5.41, 5.74) is 0. The Morgan fingerprint density at radius 3 is 0.745 bits per heavy atom. The summed E-state index contributed by atoms with van der Waals surface area (Å²) in [6.07, 6.45) is 8.86. The molecule has 0 aromatic heterocycles. The molecule has 47 heavy (non-hydrogen) atoms. The van der Waals surface area contributed by atoms with E-state index in [4.69, 9.17) is 0 Å². The van der Waals surface area contributed by atoms with Gasteiger partial charge in [0.15, 0.2) is 0 Å². The van der Waals surface area contributed by atoms with Crippen molar-refractivity contribution in [1.82, 2.24) is 0 Å². The predicted octanol–water partition coefficient (Wildman–Crippen LogP) is 8.41.